The second-order valence-corrected chi connectivity index (χ2v) is 11.2. The molecule has 0 unspecified atom stereocenters. The van der Waals surface area contributed by atoms with Crippen LogP contribution in [0.5, 0.6) is 0 Å². The van der Waals surface area contributed by atoms with Crippen molar-refractivity contribution in [2.75, 3.05) is 4.90 Å². The highest BCUT2D eigenvalue weighted by Gasteiger charge is 2.20. The molecule has 0 aliphatic rings. The number of hydrogen-bond acceptors (Lipinski definition) is 3. The Morgan fingerprint density at radius 3 is 1.89 bits per heavy atom. The Bertz CT molecular complexity index is 2440. The first-order valence-electron chi connectivity index (χ1n) is 15.1. The number of rotatable bonds is 5. The van der Waals surface area contributed by atoms with Gasteiger partial charge in [-0.1, -0.05) is 103 Å². The molecule has 0 fully saturated rings. The molecule has 0 radical (unpaired) electrons. The maximum absolute atomic E-state index is 6.10. The molecule has 0 N–H and O–H groups in total. The third-order valence-electron chi connectivity index (χ3n) is 8.66. The zero-order chi connectivity index (χ0) is 29.7. The maximum atomic E-state index is 6.10. The first-order valence-corrected chi connectivity index (χ1v) is 15.1. The monoisotopic (exact) mass is 577 g/mol. The van der Waals surface area contributed by atoms with Crippen molar-refractivity contribution >= 4 is 60.9 Å². The SMILES string of the molecule is c1ccc(N(c2cc3c(cn2)oc2ccccc23)c2ccccc2-c2ccc(-n3c4ccccc4c4ccccc43)cc2)cc1. The van der Waals surface area contributed by atoms with Gasteiger partial charge >= 0.3 is 0 Å². The highest BCUT2D eigenvalue weighted by molar-refractivity contribution is 6.09. The summed E-state index contributed by atoms with van der Waals surface area (Å²) in [6.45, 7) is 0. The summed E-state index contributed by atoms with van der Waals surface area (Å²) >= 11 is 0. The molecule has 0 spiro atoms. The number of nitrogens with zero attached hydrogens (tertiary/aromatic N) is 3. The number of hydrogen-bond donors (Lipinski definition) is 0. The fourth-order valence-corrected chi connectivity index (χ4v) is 6.62. The molecular weight excluding hydrogens is 550 g/mol. The minimum absolute atomic E-state index is 0.780. The zero-order valence-electron chi connectivity index (χ0n) is 24.3. The molecule has 0 atom stereocenters. The summed E-state index contributed by atoms with van der Waals surface area (Å²) in [6.07, 6.45) is 1.84. The highest BCUT2D eigenvalue weighted by Crippen LogP contribution is 2.42. The molecule has 212 valence electrons. The van der Waals surface area contributed by atoms with Gasteiger partial charge in [-0.2, -0.15) is 0 Å². The van der Waals surface area contributed by atoms with Crippen LogP contribution in [0.3, 0.4) is 0 Å². The summed E-state index contributed by atoms with van der Waals surface area (Å²) in [6, 6.07) is 55.4. The van der Waals surface area contributed by atoms with Crippen molar-refractivity contribution in [2.45, 2.75) is 0 Å². The van der Waals surface area contributed by atoms with E-state index in [0.717, 1.165) is 55.9 Å². The Balaban J connectivity index is 1.19. The summed E-state index contributed by atoms with van der Waals surface area (Å²) in [4.78, 5) is 7.16. The van der Waals surface area contributed by atoms with E-state index in [0.29, 0.717) is 0 Å². The maximum Gasteiger partial charge on any atom is 0.153 e. The molecule has 3 aromatic heterocycles. The number of para-hydroxylation sites is 5. The van der Waals surface area contributed by atoms with Gasteiger partial charge in [-0.15, -0.1) is 0 Å². The summed E-state index contributed by atoms with van der Waals surface area (Å²) < 4.78 is 8.46. The summed E-state index contributed by atoms with van der Waals surface area (Å²) in [5, 5.41) is 4.65. The fraction of sp³-hybridized carbons (Fsp3) is 0. The predicted molar refractivity (Wildman–Crippen MR) is 186 cm³/mol. The molecule has 0 saturated carbocycles. The average Bonchev–Trinajstić information content (AvgIpc) is 3.65. The van der Waals surface area contributed by atoms with Gasteiger partial charge in [0.25, 0.3) is 0 Å². The molecule has 0 amide bonds. The number of pyridine rings is 1. The number of anilines is 3. The van der Waals surface area contributed by atoms with Gasteiger partial charge in [-0.25, -0.2) is 4.98 Å². The van der Waals surface area contributed by atoms with Crippen LogP contribution in [0.4, 0.5) is 17.2 Å². The van der Waals surface area contributed by atoms with Gasteiger partial charge in [-0.3, -0.25) is 4.90 Å². The Hall–Kier alpha value is -6.13. The van der Waals surface area contributed by atoms with E-state index >= 15 is 0 Å². The quantitative estimate of drug-likeness (QED) is 0.204. The van der Waals surface area contributed by atoms with Gasteiger partial charge in [0.05, 0.1) is 22.9 Å². The second-order valence-electron chi connectivity index (χ2n) is 11.2. The normalized spacial score (nSPS) is 11.6. The molecule has 9 rings (SSSR count). The number of aromatic nitrogens is 2. The second kappa shape index (κ2) is 10.2. The smallest absolute Gasteiger partial charge is 0.153 e. The van der Waals surface area contributed by atoms with E-state index in [9.17, 15) is 0 Å². The van der Waals surface area contributed by atoms with Crippen molar-refractivity contribution in [1.29, 1.82) is 0 Å². The number of fused-ring (bicyclic) bond motifs is 6. The molecule has 6 aromatic carbocycles. The van der Waals surface area contributed by atoms with Crippen molar-refractivity contribution in [1.82, 2.24) is 9.55 Å². The summed E-state index contributed by atoms with van der Waals surface area (Å²) in [5.41, 5.74) is 9.51. The van der Waals surface area contributed by atoms with Crippen LogP contribution in [0.15, 0.2) is 168 Å². The van der Waals surface area contributed by atoms with Crippen LogP contribution in [0, 0.1) is 0 Å². The topological polar surface area (TPSA) is 34.2 Å². The van der Waals surface area contributed by atoms with Crippen LogP contribution in [0.1, 0.15) is 0 Å². The first-order chi connectivity index (χ1) is 22.3. The minimum Gasteiger partial charge on any atom is -0.454 e. The molecule has 3 heterocycles. The van der Waals surface area contributed by atoms with E-state index in [2.05, 4.69) is 143 Å². The van der Waals surface area contributed by atoms with Crippen molar-refractivity contribution in [3.8, 4) is 16.8 Å². The highest BCUT2D eigenvalue weighted by atomic mass is 16.3. The van der Waals surface area contributed by atoms with Gasteiger partial charge in [0.1, 0.15) is 11.4 Å². The van der Waals surface area contributed by atoms with Gasteiger partial charge in [0.2, 0.25) is 0 Å². The third-order valence-corrected chi connectivity index (χ3v) is 8.66. The van der Waals surface area contributed by atoms with Gasteiger partial charge in [0, 0.05) is 38.5 Å². The lowest BCUT2D eigenvalue weighted by Gasteiger charge is -2.26. The van der Waals surface area contributed by atoms with Crippen LogP contribution in [-0.2, 0) is 0 Å². The lowest BCUT2D eigenvalue weighted by molar-refractivity contribution is 0.667. The van der Waals surface area contributed by atoms with Crippen molar-refractivity contribution < 1.29 is 4.42 Å². The Morgan fingerprint density at radius 1 is 0.511 bits per heavy atom. The van der Waals surface area contributed by atoms with Crippen LogP contribution in [0.25, 0.3) is 60.6 Å². The lowest BCUT2D eigenvalue weighted by atomic mass is 10.0. The molecule has 0 saturated heterocycles. The lowest BCUT2D eigenvalue weighted by Crippen LogP contribution is -2.12. The van der Waals surface area contributed by atoms with E-state index in [1.54, 1.807) is 0 Å². The van der Waals surface area contributed by atoms with E-state index in [4.69, 9.17) is 9.40 Å². The number of benzene rings is 6. The van der Waals surface area contributed by atoms with Crippen LogP contribution in [-0.4, -0.2) is 9.55 Å². The zero-order valence-corrected chi connectivity index (χ0v) is 24.3. The molecule has 45 heavy (non-hydrogen) atoms. The number of furan rings is 1. The van der Waals surface area contributed by atoms with E-state index in [1.165, 1.54) is 21.8 Å². The van der Waals surface area contributed by atoms with E-state index in [1.807, 2.05) is 30.5 Å². The standard InChI is InChI=1S/C41H27N3O/c1-2-12-29(13-3-1)44(41-26-35-34-17-7-11-21-39(34)45-40(35)27-42-41)36-18-8-4-14-31(36)28-22-24-30(25-23-28)43-37-19-9-5-15-32(37)33-16-6-10-20-38(33)43/h1-27H. The largest absolute Gasteiger partial charge is 0.454 e. The molecular formula is C41H27N3O. The average molecular weight is 578 g/mol. The molecule has 4 heteroatoms. The van der Waals surface area contributed by atoms with E-state index < -0.39 is 0 Å². The van der Waals surface area contributed by atoms with Crippen LogP contribution in [0.2, 0.25) is 0 Å². The molecule has 9 aromatic rings. The molecule has 0 aliphatic heterocycles. The van der Waals surface area contributed by atoms with Gasteiger partial charge in [-0.05, 0) is 60.2 Å². The molecule has 0 bridgehead atoms. The molecule has 0 aliphatic carbocycles. The third kappa shape index (κ3) is 4.11. The van der Waals surface area contributed by atoms with Crippen molar-refractivity contribution in [3.05, 3.63) is 164 Å². The molecule has 4 nitrogen and oxygen atoms in total. The van der Waals surface area contributed by atoms with E-state index in [-0.39, 0.29) is 0 Å². The van der Waals surface area contributed by atoms with Crippen LogP contribution >= 0.6 is 0 Å². The van der Waals surface area contributed by atoms with Crippen molar-refractivity contribution in [2.24, 2.45) is 0 Å². The Kier molecular flexibility index (Phi) is 5.78. The van der Waals surface area contributed by atoms with Crippen LogP contribution < -0.4 is 4.90 Å². The summed E-state index contributed by atoms with van der Waals surface area (Å²) in [7, 11) is 0. The summed E-state index contributed by atoms with van der Waals surface area (Å²) in [5.74, 6) is 0.828. The predicted octanol–water partition coefficient (Wildman–Crippen LogP) is 11.2. The minimum atomic E-state index is 0.780. The fourth-order valence-electron chi connectivity index (χ4n) is 6.62. The first kappa shape index (κ1) is 25.4. The van der Waals surface area contributed by atoms with Crippen molar-refractivity contribution in [3.63, 3.8) is 0 Å². The Labute approximate surface area is 260 Å². The van der Waals surface area contributed by atoms with Gasteiger partial charge in [0.15, 0.2) is 5.58 Å². The van der Waals surface area contributed by atoms with Gasteiger partial charge < -0.3 is 8.98 Å². The Morgan fingerprint density at radius 2 is 1.13 bits per heavy atom.